The van der Waals surface area contributed by atoms with Crippen molar-refractivity contribution >= 4 is 22.5 Å². The first-order valence-electron chi connectivity index (χ1n) is 7.95. The first-order chi connectivity index (χ1) is 11.0. The summed E-state index contributed by atoms with van der Waals surface area (Å²) in [7, 11) is 0. The number of carbonyl (C=O) groups is 1. The molecule has 0 saturated carbocycles. The van der Waals surface area contributed by atoms with E-state index < -0.39 is 0 Å². The molecule has 1 aromatic heterocycles. The van der Waals surface area contributed by atoms with Crippen LogP contribution in [0.15, 0.2) is 30.3 Å². The molecule has 1 fully saturated rings. The van der Waals surface area contributed by atoms with Gasteiger partial charge in [-0.3, -0.25) is 5.32 Å². The van der Waals surface area contributed by atoms with E-state index in [0.717, 1.165) is 24.4 Å². The molecular weight excluding hydrogens is 308 g/mol. The number of amides is 2. The fourth-order valence-corrected chi connectivity index (χ4v) is 3.76. The van der Waals surface area contributed by atoms with E-state index in [1.807, 2.05) is 23.1 Å². The van der Waals surface area contributed by atoms with Gasteiger partial charge in [-0.05, 0) is 39.2 Å². The molecular formula is C17H22N4OS. The first-order valence-corrected chi connectivity index (χ1v) is 8.77. The van der Waals surface area contributed by atoms with Crippen molar-refractivity contribution in [1.29, 1.82) is 0 Å². The largest absolute Gasteiger partial charge is 0.323 e. The van der Waals surface area contributed by atoms with Crippen molar-refractivity contribution in [2.75, 3.05) is 11.9 Å². The Morgan fingerprint density at radius 1 is 1.30 bits per heavy atom. The molecule has 1 unspecified atom stereocenters. The van der Waals surface area contributed by atoms with Crippen molar-refractivity contribution in [3.8, 4) is 0 Å². The van der Waals surface area contributed by atoms with Crippen LogP contribution in [0.1, 0.15) is 44.2 Å². The lowest BCUT2D eigenvalue weighted by molar-refractivity contribution is 0.210. The molecule has 1 N–H and O–H groups in total. The maximum absolute atomic E-state index is 12.3. The minimum atomic E-state index is -0.233. The van der Waals surface area contributed by atoms with Gasteiger partial charge in [0.1, 0.15) is 5.01 Å². The molecule has 3 rings (SSSR count). The average molecular weight is 330 g/mol. The van der Waals surface area contributed by atoms with E-state index in [-0.39, 0.29) is 11.4 Å². The van der Waals surface area contributed by atoms with Crippen molar-refractivity contribution < 1.29 is 4.79 Å². The van der Waals surface area contributed by atoms with Gasteiger partial charge in [0, 0.05) is 18.0 Å². The van der Waals surface area contributed by atoms with Crippen LogP contribution >= 0.6 is 11.3 Å². The molecule has 1 aromatic carbocycles. The molecule has 1 atom stereocenters. The Labute approximate surface area is 140 Å². The number of rotatable bonds is 3. The number of hydrogen-bond donors (Lipinski definition) is 1. The molecule has 23 heavy (non-hydrogen) atoms. The van der Waals surface area contributed by atoms with E-state index in [4.69, 9.17) is 0 Å². The predicted molar refractivity (Wildman–Crippen MR) is 92.9 cm³/mol. The van der Waals surface area contributed by atoms with Crippen LogP contribution in [-0.2, 0) is 5.41 Å². The van der Waals surface area contributed by atoms with E-state index in [2.05, 4.69) is 48.4 Å². The zero-order valence-electron chi connectivity index (χ0n) is 13.7. The molecule has 2 heterocycles. The lowest BCUT2D eigenvalue weighted by Crippen LogP contribution is -2.37. The zero-order valence-corrected chi connectivity index (χ0v) is 14.6. The second-order valence-corrected chi connectivity index (χ2v) is 7.50. The number of urea groups is 1. The Morgan fingerprint density at radius 3 is 2.70 bits per heavy atom. The van der Waals surface area contributed by atoms with E-state index in [1.54, 1.807) is 0 Å². The van der Waals surface area contributed by atoms with Crippen molar-refractivity contribution in [2.45, 2.75) is 45.1 Å². The van der Waals surface area contributed by atoms with Gasteiger partial charge in [-0.25, -0.2) is 4.79 Å². The lowest BCUT2D eigenvalue weighted by Gasteiger charge is -2.22. The number of aromatic nitrogens is 2. The number of nitrogens with zero attached hydrogens (tertiary/aromatic N) is 3. The van der Waals surface area contributed by atoms with E-state index in [1.165, 1.54) is 16.9 Å². The maximum Gasteiger partial charge on any atom is 0.323 e. The van der Waals surface area contributed by atoms with E-state index in [9.17, 15) is 4.79 Å². The molecule has 2 aromatic rings. The van der Waals surface area contributed by atoms with Gasteiger partial charge in [0.15, 0.2) is 0 Å². The SMILES string of the molecule is CC1CCCN1C(=O)Nc1nnc(C(C)(C)c2ccccc2)s1. The van der Waals surface area contributed by atoms with Crippen molar-refractivity contribution in [3.05, 3.63) is 40.9 Å². The second-order valence-electron chi connectivity index (χ2n) is 6.52. The van der Waals surface area contributed by atoms with Crippen LogP contribution in [0.4, 0.5) is 9.93 Å². The van der Waals surface area contributed by atoms with Gasteiger partial charge in [0.05, 0.1) is 0 Å². The van der Waals surface area contributed by atoms with Crippen molar-refractivity contribution in [3.63, 3.8) is 0 Å². The van der Waals surface area contributed by atoms with E-state index in [0.29, 0.717) is 11.2 Å². The van der Waals surface area contributed by atoms with Crippen LogP contribution in [0.2, 0.25) is 0 Å². The number of anilines is 1. The number of benzene rings is 1. The quantitative estimate of drug-likeness (QED) is 0.929. The fourth-order valence-electron chi connectivity index (χ4n) is 2.90. The normalized spacial score (nSPS) is 18.2. The Bertz CT molecular complexity index is 683. The average Bonchev–Trinajstić information content (AvgIpc) is 3.17. The zero-order chi connectivity index (χ0) is 16.4. The summed E-state index contributed by atoms with van der Waals surface area (Å²) in [4.78, 5) is 14.2. The molecule has 0 spiro atoms. The molecule has 1 aliphatic rings. The molecule has 0 aliphatic carbocycles. The molecule has 1 aliphatic heterocycles. The van der Waals surface area contributed by atoms with E-state index >= 15 is 0 Å². The van der Waals surface area contributed by atoms with Gasteiger partial charge in [0.25, 0.3) is 0 Å². The number of hydrogen-bond acceptors (Lipinski definition) is 4. The third-order valence-corrected chi connectivity index (χ3v) is 5.65. The molecule has 0 radical (unpaired) electrons. The molecule has 2 amide bonds. The highest BCUT2D eigenvalue weighted by Crippen LogP contribution is 2.34. The smallest absolute Gasteiger partial charge is 0.322 e. The Kier molecular flexibility index (Phi) is 4.35. The minimum Gasteiger partial charge on any atom is -0.322 e. The van der Waals surface area contributed by atoms with Crippen LogP contribution in [-0.4, -0.2) is 33.7 Å². The molecule has 122 valence electrons. The summed E-state index contributed by atoms with van der Waals surface area (Å²) in [6.07, 6.45) is 2.13. The van der Waals surface area contributed by atoms with Crippen LogP contribution in [0, 0.1) is 0 Å². The van der Waals surface area contributed by atoms with Crippen molar-refractivity contribution in [2.24, 2.45) is 0 Å². The van der Waals surface area contributed by atoms with Gasteiger partial charge < -0.3 is 4.90 Å². The summed E-state index contributed by atoms with van der Waals surface area (Å²) in [6, 6.07) is 10.4. The summed E-state index contributed by atoms with van der Waals surface area (Å²) in [6.45, 7) is 7.14. The van der Waals surface area contributed by atoms with Crippen LogP contribution in [0.3, 0.4) is 0 Å². The fraction of sp³-hybridized carbons (Fsp3) is 0.471. The Morgan fingerprint density at radius 2 is 2.04 bits per heavy atom. The third kappa shape index (κ3) is 3.22. The summed E-state index contributed by atoms with van der Waals surface area (Å²) in [5.74, 6) is 0. The summed E-state index contributed by atoms with van der Waals surface area (Å²) < 4.78 is 0. The third-order valence-electron chi connectivity index (χ3n) is 4.48. The highest BCUT2D eigenvalue weighted by molar-refractivity contribution is 7.15. The summed E-state index contributed by atoms with van der Waals surface area (Å²) >= 11 is 1.44. The molecule has 1 saturated heterocycles. The summed E-state index contributed by atoms with van der Waals surface area (Å²) in [5.41, 5.74) is 0.949. The lowest BCUT2D eigenvalue weighted by atomic mass is 9.85. The number of nitrogens with one attached hydrogen (secondary N) is 1. The molecule has 6 heteroatoms. The maximum atomic E-state index is 12.3. The molecule has 5 nitrogen and oxygen atoms in total. The van der Waals surface area contributed by atoms with Gasteiger partial charge in [-0.1, -0.05) is 41.7 Å². The topological polar surface area (TPSA) is 58.1 Å². The van der Waals surface area contributed by atoms with Gasteiger partial charge in [-0.2, -0.15) is 0 Å². The highest BCUT2D eigenvalue weighted by atomic mass is 32.1. The Balaban J connectivity index is 1.74. The number of carbonyl (C=O) groups excluding carboxylic acids is 1. The van der Waals surface area contributed by atoms with Crippen LogP contribution in [0.25, 0.3) is 0 Å². The van der Waals surface area contributed by atoms with Crippen LogP contribution < -0.4 is 5.32 Å². The number of likely N-dealkylation sites (tertiary alicyclic amines) is 1. The van der Waals surface area contributed by atoms with Gasteiger partial charge in [-0.15, -0.1) is 10.2 Å². The summed E-state index contributed by atoms with van der Waals surface area (Å²) in [5, 5.41) is 12.8. The van der Waals surface area contributed by atoms with Gasteiger partial charge >= 0.3 is 6.03 Å². The minimum absolute atomic E-state index is 0.0739. The van der Waals surface area contributed by atoms with Crippen molar-refractivity contribution in [1.82, 2.24) is 15.1 Å². The predicted octanol–water partition coefficient (Wildman–Crippen LogP) is 3.88. The second kappa shape index (κ2) is 6.28. The van der Waals surface area contributed by atoms with Gasteiger partial charge in [0.2, 0.25) is 5.13 Å². The van der Waals surface area contributed by atoms with Crippen LogP contribution in [0.5, 0.6) is 0 Å². The first kappa shape index (κ1) is 15.9. The Hall–Kier alpha value is -1.95. The standard InChI is InChI=1S/C17H22N4OS/c1-12-8-7-11-21(12)16(22)18-15-20-19-14(23-15)17(2,3)13-9-5-4-6-10-13/h4-6,9-10,12H,7-8,11H2,1-3H3,(H,18,20,22). The molecule has 0 bridgehead atoms. The monoisotopic (exact) mass is 330 g/mol. The highest BCUT2D eigenvalue weighted by Gasteiger charge is 2.29.